The highest BCUT2D eigenvalue weighted by Gasteiger charge is 2.30. The number of nitrogens with zero attached hydrogens (tertiary/aromatic N) is 6. The van der Waals surface area contributed by atoms with Gasteiger partial charge in [0.05, 0.1) is 17.5 Å². The Labute approximate surface area is 269 Å². The quantitative estimate of drug-likeness (QED) is 0.326. The normalized spacial score (nSPS) is 17.3. The van der Waals surface area contributed by atoms with E-state index in [0.717, 1.165) is 12.5 Å². The van der Waals surface area contributed by atoms with Gasteiger partial charge in [-0.25, -0.2) is 14.4 Å². The summed E-state index contributed by atoms with van der Waals surface area (Å²) >= 11 is 0. The Morgan fingerprint density at radius 1 is 1.09 bits per heavy atom. The first kappa shape index (κ1) is 32.9. The predicted octanol–water partition coefficient (Wildman–Crippen LogP) is 4.60. The number of rotatable bonds is 11. The van der Waals surface area contributed by atoms with Gasteiger partial charge < -0.3 is 19.9 Å². The van der Waals surface area contributed by atoms with Gasteiger partial charge in [-0.2, -0.15) is 0 Å². The van der Waals surface area contributed by atoms with Crippen LogP contribution in [-0.4, -0.2) is 93.7 Å². The van der Waals surface area contributed by atoms with Crippen molar-refractivity contribution in [1.82, 2.24) is 29.7 Å². The maximum Gasteiger partial charge on any atom is 0.278 e. The van der Waals surface area contributed by atoms with E-state index in [0.29, 0.717) is 55.3 Å². The number of nitrogens with one attached hydrogen (secondary N) is 1. The molecule has 0 bridgehead atoms. The van der Waals surface area contributed by atoms with Gasteiger partial charge >= 0.3 is 0 Å². The van der Waals surface area contributed by atoms with Crippen LogP contribution in [0, 0.1) is 12.7 Å². The van der Waals surface area contributed by atoms with Crippen molar-refractivity contribution in [1.29, 1.82) is 0 Å². The van der Waals surface area contributed by atoms with Crippen molar-refractivity contribution in [2.75, 3.05) is 45.6 Å². The molecule has 244 valence electrons. The van der Waals surface area contributed by atoms with E-state index in [4.69, 9.17) is 9.72 Å². The summed E-state index contributed by atoms with van der Waals surface area (Å²) in [4.78, 5) is 56.3. The summed E-state index contributed by atoms with van der Waals surface area (Å²) in [6, 6.07) is 6.85. The van der Waals surface area contributed by atoms with Crippen molar-refractivity contribution in [2.24, 2.45) is 0 Å². The molecule has 5 rings (SSSR count). The number of hydrogen-bond donors (Lipinski definition) is 1. The molecule has 0 unspecified atom stereocenters. The summed E-state index contributed by atoms with van der Waals surface area (Å²) in [6.45, 7) is 8.23. The summed E-state index contributed by atoms with van der Waals surface area (Å²) in [5.41, 5.74) is 2.42. The Bertz CT molecular complexity index is 1580. The van der Waals surface area contributed by atoms with Crippen LogP contribution in [0.1, 0.15) is 89.2 Å². The number of ether oxygens (including phenoxy) is 1. The molecule has 46 heavy (non-hydrogen) atoms. The lowest BCUT2D eigenvalue weighted by Gasteiger charge is -2.41. The summed E-state index contributed by atoms with van der Waals surface area (Å²) in [7, 11) is 3.27. The third-order valence-electron chi connectivity index (χ3n) is 8.38. The van der Waals surface area contributed by atoms with Gasteiger partial charge in [-0.15, -0.1) is 0 Å². The zero-order valence-electron chi connectivity index (χ0n) is 27.1. The zero-order chi connectivity index (χ0) is 33.0. The molecule has 1 saturated heterocycles. The zero-order valence-corrected chi connectivity index (χ0v) is 27.1. The molecular weight excluding hydrogens is 589 g/mol. The molecule has 12 heteroatoms. The Hall–Kier alpha value is -4.45. The number of carbonyl (C=O) groups is 3. The Morgan fingerprint density at radius 2 is 1.87 bits per heavy atom. The van der Waals surface area contributed by atoms with Gasteiger partial charge in [0.25, 0.3) is 11.8 Å². The van der Waals surface area contributed by atoms with E-state index < -0.39 is 23.5 Å². The predicted molar refractivity (Wildman–Crippen MR) is 171 cm³/mol. The average molecular weight is 632 g/mol. The first-order valence-corrected chi connectivity index (χ1v) is 15.8. The van der Waals surface area contributed by atoms with Crippen LogP contribution in [0.15, 0.2) is 42.9 Å². The maximum absolute atomic E-state index is 15.3. The minimum atomic E-state index is -0.848. The van der Waals surface area contributed by atoms with Crippen molar-refractivity contribution >= 4 is 23.5 Å². The molecule has 2 atom stereocenters. The van der Waals surface area contributed by atoms with Crippen molar-refractivity contribution in [2.45, 2.75) is 64.5 Å². The van der Waals surface area contributed by atoms with E-state index in [1.165, 1.54) is 35.7 Å². The maximum atomic E-state index is 15.3. The molecule has 2 fully saturated rings. The fourth-order valence-electron chi connectivity index (χ4n) is 5.68. The molecule has 1 aliphatic carbocycles. The number of hydrogen-bond acceptors (Lipinski definition) is 8. The minimum absolute atomic E-state index is 0.0540. The fraction of sp³-hybridized carbons (Fsp3) is 0.471. The van der Waals surface area contributed by atoms with Crippen LogP contribution in [-0.2, 0) is 4.79 Å². The summed E-state index contributed by atoms with van der Waals surface area (Å²) in [5.74, 6) is -0.740. The van der Waals surface area contributed by atoms with Gasteiger partial charge in [-0.05, 0) is 62.3 Å². The first-order chi connectivity index (χ1) is 22.0. The number of carbonyl (C=O) groups excluding carboxylic acids is 3. The number of piperazine rings is 1. The van der Waals surface area contributed by atoms with Crippen molar-refractivity contribution in [3.63, 3.8) is 0 Å². The van der Waals surface area contributed by atoms with Crippen LogP contribution in [0.5, 0.6) is 5.75 Å². The standard InChI is InChI=1S/C34H42FN7O4/c1-6-7-30(43)42-13-12-41(19-22(42)3)20-29(28-11-10-24(16-36-28)23-8-9-23)46-26-15-27(35)31(37-18-26)33(44)39-32-21(2)14-25(17-38-32)34(45)40(4)5/h10-11,14-18,22-23,29H,6-9,12-13,19-20H2,1-5H3,(H,38,39,44)/t22-,29-/m1/s1. The Morgan fingerprint density at radius 3 is 2.48 bits per heavy atom. The van der Waals surface area contributed by atoms with Crippen LogP contribution in [0.4, 0.5) is 10.2 Å². The summed E-state index contributed by atoms with van der Waals surface area (Å²) in [6.07, 6.45) is 7.74. The number of pyridine rings is 3. The molecule has 4 heterocycles. The van der Waals surface area contributed by atoms with Crippen molar-refractivity contribution < 1.29 is 23.5 Å². The molecular formula is C34H42FN7O4. The van der Waals surface area contributed by atoms with Crippen LogP contribution in [0.25, 0.3) is 0 Å². The van der Waals surface area contributed by atoms with Gasteiger partial charge in [0.1, 0.15) is 11.6 Å². The van der Waals surface area contributed by atoms with Gasteiger partial charge in [-0.3, -0.25) is 24.3 Å². The summed E-state index contributed by atoms with van der Waals surface area (Å²) in [5, 5.41) is 2.58. The number of amides is 3. The van der Waals surface area contributed by atoms with Crippen LogP contribution >= 0.6 is 0 Å². The second-order valence-electron chi connectivity index (χ2n) is 12.4. The molecule has 3 aromatic rings. The molecule has 0 aromatic carbocycles. The second-order valence-corrected chi connectivity index (χ2v) is 12.4. The lowest BCUT2D eigenvalue weighted by Crippen LogP contribution is -2.54. The van der Waals surface area contributed by atoms with Crippen LogP contribution < -0.4 is 10.1 Å². The highest BCUT2D eigenvalue weighted by atomic mass is 19.1. The molecule has 3 amide bonds. The topological polar surface area (TPSA) is 121 Å². The third-order valence-corrected chi connectivity index (χ3v) is 8.38. The average Bonchev–Trinajstić information content (AvgIpc) is 3.87. The number of anilines is 1. The monoisotopic (exact) mass is 631 g/mol. The van der Waals surface area contributed by atoms with Gasteiger partial charge in [0, 0.05) is 71.2 Å². The molecule has 11 nitrogen and oxygen atoms in total. The molecule has 2 aliphatic rings. The van der Waals surface area contributed by atoms with Crippen molar-refractivity contribution in [3.8, 4) is 5.75 Å². The van der Waals surface area contributed by atoms with Gasteiger partial charge in [0.15, 0.2) is 17.6 Å². The lowest BCUT2D eigenvalue weighted by molar-refractivity contribution is -0.135. The van der Waals surface area contributed by atoms with E-state index in [-0.39, 0.29) is 29.4 Å². The molecule has 3 aromatic heterocycles. The fourth-order valence-corrected chi connectivity index (χ4v) is 5.68. The van der Waals surface area contributed by atoms with Crippen LogP contribution in [0.3, 0.4) is 0 Å². The lowest BCUT2D eigenvalue weighted by atomic mass is 10.1. The second kappa shape index (κ2) is 14.3. The highest BCUT2D eigenvalue weighted by Crippen LogP contribution is 2.40. The highest BCUT2D eigenvalue weighted by molar-refractivity contribution is 6.03. The van der Waals surface area contributed by atoms with Crippen molar-refractivity contribution in [3.05, 3.63) is 76.8 Å². The Balaban J connectivity index is 1.30. The van der Waals surface area contributed by atoms with Crippen LogP contribution in [0.2, 0.25) is 0 Å². The van der Waals surface area contributed by atoms with E-state index in [9.17, 15) is 14.4 Å². The molecule has 1 aliphatic heterocycles. The molecule has 0 spiro atoms. The van der Waals surface area contributed by atoms with E-state index in [1.807, 2.05) is 24.1 Å². The molecule has 1 N–H and O–H groups in total. The smallest absolute Gasteiger partial charge is 0.278 e. The van der Waals surface area contributed by atoms with Gasteiger partial charge in [-0.1, -0.05) is 13.0 Å². The SMILES string of the molecule is CCCC(=O)N1CCN(C[C@@H](Oc2cnc(C(=O)Nc3ncc(C(=O)N(C)C)cc3C)c(F)c2)c2ccc(C3CC3)cn2)C[C@H]1C. The number of halogens is 1. The largest absolute Gasteiger partial charge is 0.481 e. The summed E-state index contributed by atoms with van der Waals surface area (Å²) < 4.78 is 21.6. The molecule has 1 saturated carbocycles. The number of aromatic nitrogens is 3. The Kier molecular flexibility index (Phi) is 10.3. The van der Waals surface area contributed by atoms with E-state index >= 15 is 4.39 Å². The third kappa shape index (κ3) is 7.85. The first-order valence-electron chi connectivity index (χ1n) is 15.8. The molecule has 0 radical (unpaired) electrons. The minimum Gasteiger partial charge on any atom is -0.481 e. The van der Waals surface area contributed by atoms with Gasteiger partial charge in [0.2, 0.25) is 5.91 Å². The number of aryl methyl sites for hydroxylation is 1. The van der Waals surface area contributed by atoms with E-state index in [1.54, 1.807) is 27.1 Å². The van der Waals surface area contributed by atoms with E-state index in [2.05, 4.69) is 33.2 Å².